The van der Waals surface area contributed by atoms with E-state index in [1.54, 1.807) is 36.4 Å². The second-order valence-electron chi connectivity index (χ2n) is 11.3. The number of aromatic amines is 1. The van der Waals surface area contributed by atoms with Crippen LogP contribution in [0.15, 0.2) is 84.7 Å². The van der Waals surface area contributed by atoms with E-state index in [0.717, 1.165) is 13.2 Å². The quantitative estimate of drug-likeness (QED) is 0.220. The fourth-order valence-electron chi connectivity index (χ4n) is 7.16. The average Bonchev–Trinajstić information content (AvgIpc) is 3.54. The smallest absolute Gasteiger partial charge is 0.260 e. The average molecular weight is 616 g/mol. The lowest BCUT2D eigenvalue weighted by Crippen LogP contribution is -2.51. The highest BCUT2D eigenvalue weighted by atomic mass is 16.5. The van der Waals surface area contributed by atoms with Gasteiger partial charge in [0.1, 0.15) is 22.7 Å². The van der Waals surface area contributed by atoms with E-state index >= 15 is 0 Å². The van der Waals surface area contributed by atoms with Crippen LogP contribution < -0.4 is 42.4 Å². The number of aliphatic hydroxyl groups is 2. The normalized spacial score (nSPS) is 17.3. The van der Waals surface area contributed by atoms with Crippen molar-refractivity contribution in [2.24, 2.45) is 0 Å². The monoisotopic (exact) mass is 615 g/mol. The Kier molecular flexibility index (Phi) is 6.24. The molecule has 3 aromatic rings. The third-order valence-electron chi connectivity index (χ3n) is 9.09. The molecule has 1 heterocycles. The number of hydrogen-bond donors (Lipinski definition) is 4. The van der Waals surface area contributed by atoms with Gasteiger partial charge < -0.3 is 25.0 Å². The lowest BCUT2D eigenvalue weighted by Gasteiger charge is -2.28. The summed E-state index contributed by atoms with van der Waals surface area (Å²) in [6.45, 7) is 1.85. The van der Waals surface area contributed by atoms with Crippen molar-refractivity contribution < 1.29 is 20.1 Å². The fraction of sp³-hybridized carbons (Fsp3) is 0.139. The van der Waals surface area contributed by atoms with Crippen molar-refractivity contribution in [3.63, 3.8) is 0 Å². The Balaban J connectivity index is 1.68. The number of phenolic OH excluding ortho intramolecular Hbond substituents is 1. The van der Waals surface area contributed by atoms with E-state index < -0.39 is 76.6 Å². The maximum atomic E-state index is 13.8. The van der Waals surface area contributed by atoms with Gasteiger partial charge in [-0.05, 0) is 48.6 Å². The molecule has 1 spiro atoms. The van der Waals surface area contributed by atoms with Crippen LogP contribution >= 0.6 is 0 Å². The Morgan fingerprint density at radius 2 is 1.52 bits per heavy atom. The van der Waals surface area contributed by atoms with E-state index in [-0.39, 0.29) is 23.8 Å². The molecular weight excluding hydrogens is 590 g/mol. The first-order valence-electron chi connectivity index (χ1n) is 14.4. The second kappa shape index (κ2) is 10.00. The van der Waals surface area contributed by atoms with Gasteiger partial charge in [-0.2, -0.15) is 0 Å². The zero-order valence-corrected chi connectivity index (χ0v) is 24.6. The number of phenols is 1. The van der Waals surface area contributed by atoms with Crippen LogP contribution in [-0.2, 0) is 11.8 Å². The lowest BCUT2D eigenvalue weighted by atomic mass is 9.77. The summed E-state index contributed by atoms with van der Waals surface area (Å²) in [5.74, 6) is -2.50. The minimum absolute atomic E-state index is 0.0436. The summed E-state index contributed by atoms with van der Waals surface area (Å²) in [6.07, 6.45) is 7.12. The predicted octanol–water partition coefficient (Wildman–Crippen LogP) is 1.77. The predicted molar refractivity (Wildman–Crippen MR) is 173 cm³/mol. The van der Waals surface area contributed by atoms with E-state index in [1.807, 2.05) is 31.2 Å². The van der Waals surface area contributed by atoms with Gasteiger partial charge in [-0.15, -0.1) is 0 Å². The molecule has 4 aliphatic carbocycles. The third-order valence-corrected chi connectivity index (χ3v) is 9.09. The summed E-state index contributed by atoms with van der Waals surface area (Å²) in [5.41, 5.74) is -4.71. The van der Waals surface area contributed by atoms with Crippen LogP contribution in [0.1, 0.15) is 30.2 Å². The number of pyridine rings is 1. The maximum absolute atomic E-state index is 13.8. The van der Waals surface area contributed by atoms with Crippen molar-refractivity contribution >= 4 is 28.4 Å². The molecule has 1 aromatic heterocycles. The van der Waals surface area contributed by atoms with E-state index in [9.17, 15) is 39.3 Å². The van der Waals surface area contributed by atoms with Gasteiger partial charge in [0.15, 0.2) is 11.2 Å². The molecule has 228 valence electrons. The molecule has 0 amide bonds. The molecule has 0 fully saturated rings. The Labute approximate surface area is 257 Å². The van der Waals surface area contributed by atoms with Gasteiger partial charge in [0.2, 0.25) is 16.3 Å². The van der Waals surface area contributed by atoms with Gasteiger partial charge in [-0.3, -0.25) is 24.0 Å². The van der Waals surface area contributed by atoms with Gasteiger partial charge in [-0.25, -0.2) is 0 Å². The van der Waals surface area contributed by atoms with Crippen molar-refractivity contribution in [1.82, 2.24) is 4.98 Å². The molecule has 0 saturated heterocycles. The fourth-order valence-corrected chi connectivity index (χ4v) is 7.16. The number of aromatic hydroxyl groups is 1. The van der Waals surface area contributed by atoms with Gasteiger partial charge in [0.05, 0.1) is 33.4 Å². The topological polar surface area (TPSA) is 171 Å². The molecule has 4 N–H and O–H groups in total. The summed E-state index contributed by atoms with van der Waals surface area (Å²) in [7, 11) is 1.13. The summed E-state index contributed by atoms with van der Waals surface area (Å²) in [6, 6.07) is 11.6. The van der Waals surface area contributed by atoms with Crippen LogP contribution in [0.2, 0.25) is 0 Å². The van der Waals surface area contributed by atoms with Gasteiger partial charge >= 0.3 is 0 Å². The Hall–Kier alpha value is -6.03. The Morgan fingerprint density at radius 1 is 0.848 bits per heavy atom. The number of fused-ring (bicyclic) bond motifs is 4. The first kappa shape index (κ1) is 28.7. The van der Waals surface area contributed by atoms with Gasteiger partial charge in [-0.1, -0.05) is 48.6 Å². The number of aliphatic hydroxyl groups excluding tert-OH is 2. The number of ether oxygens (including phenoxy) is 1. The highest BCUT2D eigenvalue weighted by Crippen LogP contribution is 2.56. The second-order valence-corrected chi connectivity index (χ2v) is 11.3. The number of rotatable bonds is 4. The van der Waals surface area contributed by atoms with Crippen LogP contribution in [0, 0.1) is 10.4 Å². The van der Waals surface area contributed by atoms with Gasteiger partial charge in [0.25, 0.3) is 5.56 Å². The van der Waals surface area contributed by atoms with Gasteiger partial charge in [0, 0.05) is 22.7 Å². The molecule has 0 saturated carbocycles. The molecule has 10 nitrogen and oxygen atoms in total. The maximum Gasteiger partial charge on any atom is 0.260 e. The molecule has 4 aliphatic rings. The molecule has 0 bridgehead atoms. The number of H-pyrrole nitrogens is 1. The zero-order chi connectivity index (χ0) is 32.7. The SMILES string of the molecule is C/C=C/C=C/c1cc2c(-c3ccccc3)c3c(c(O)c2c(=O)[nH]1)[C@@]1(CC3)C(O)=c2c(=O)c3c(=O)cc(OC)c(=O)c=3c(=O)c2=C1O. The Morgan fingerprint density at radius 3 is 2.17 bits per heavy atom. The minimum atomic E-state index is -2.01. The highest BCUT2D eigenvalue weighted by Gasteiger charge is 2.54. The molecule has 46 heavy (non-hydrogen) atoms. The summed E-state index contributed by atoms with van der Waals surface area (Å²) < 4.78 is 4.94. The standard InChI is InChI=1S/C36H25NO9/c1-3-4-6-11-17-14-19-22(16-9-7-5-8-10-16)18-12-13-36(28(18)32(42)23(19)35(45)37-17)33(43)26-27(34(36)44)31(41)25-24(30(26)40)20(38)15-21(46-2)29(25)39/h3-11,14-15,42-44H,12-13H2,1-2H3,(H,37,45)/b4-3+,11-6+/t36-/m0/s1. The molecule has 0 radical (unpaired) electrons. The van der Waals surface area contributed by atoms with Crippen LogP contribution in [0.5, 0.6) is 11.5 Å². The molecule has 7 rings (SSSR count). The van der Waals surface area contributed by atoms with Crippen LogP contribution in [0.25, 0.3) is 39.5 Å². The molecule has 10 heteroatoms. The number of aromatic nitrogens is 1. The Bertz CT molecular complexity index is 2720. The van der Waals surface area contributed by atoms with Crippen molar-refractivity contribution in [1.29, 1.82) is 0 Å². The first-order valence-corrected chi connectivity index (χ1v) is 14.4. The van der Waals surface area contributed by atoms with Crippen molar-refractivity contribution in [2.75, 3.05) is 7.11 Å². The number of nitrogens with one attached hydrogen (secondary N) is 1. The summed E-state index contributed by atoms with van der Waals surface area (Å²) in [5, 5.41) is 33.1. The molecule has 0 aliphatic heterocycles. The van der Waals surface area contributed by atoms with E-state index in [2.05, 4.69) is 4.98 Å². The van der Waals surface area contributed by atoms with Crippen molar-refractivity contribution in [2.45, 2.75) is 25.2 Å². The highest BCUT2D eigenvalue weighted by molar-refractivity contribution is 6.05. The van der Waals surface area contributed by atoms with E-state index in [4.69, 9.17) is 4.74 Å². The van der Waals surface area contributed by atoms with Crippen molar-refractivity contribution in [3.05, 3.63) is 150 Å². The number of benzene rings is 2. The summed E-state index contributed by atoms with van der Waals surface area (Å²) in [4.78, 5) is 70.0. The van der Waals surface area contributed by atoms with E-state index in [0.29, 0.717) is 27.8 Å². The minimum Gasteiger partial charge on any atom is -0.510 e. The molecule has 2 aromatic carbocycles. The zero-order valence-electron chi connectivity index (χ0n) is 24.6. The van der Waals surface area contributed by atoms with Crippen LogP contribution in [-0.4, -0.2) is 27.4 Å². The number of methoxy groups -OCH3 is 1. The summed E-state index contributed by atoms with van der Waals surface area (Å²) >= 11 is 0. The third kappa shape index (κ3) is 3.55. The lowest BCUT2D eigenvalue weighted by molar-refractivity contribution is 0.362. The van der Waals surface area contributed by atoms with E-state index in [1.165, 1.54) is 0 Å². The van der Waals surface area contributed by atoms with Crippen LogP contribution in [0.3, 0.4) is 0 Å². The largest absolute Gasteiger partial charge is 0.510 e. The molecule has 1 atom stereocenters. The molecule has 0 unspecified atom stereocenters. The number of allylic oxidation sites excluding steroid dienone is 3. The molecular formula is C36H25NO9. The first-order chi connectivity index (χ1) is 22.1. The van der Waals surface area contributed by atoms with Crippen LogP contribution in [0.4, 0.5) is 0 Å². The number of hydrogen-bond acceptors (Lipinski definition) is 9. The van der Waals surface area contributed by atoms with Crippen molar-refractivity contribution in [3.8, 4) is 22.6 Å².